The van der Waals surface area contributed by atoms with Gasteiger partial charge in [-0.3, -0.25) is 19.6 Å². The molecule has 3 aromatic rings. The molecular formula is C20H18N4O2. The van der Waals surface area contributed by atoms with E-state index in [2.05, 4.69) is 20.6 Å². The topological polar surface area (TPSA) is 84.0 Å². The molecule has 2 aromatic heterocycles. The van der Waals surface area contributed by atoms with E-state index in [1.54, 1.807) is 42.9 Å². The molecule has 6 heteroatoms. The minimum Gasteiger partial charge on any atom is -0.354 e. The highest BCUT2D eigenvalue weighted by atomic mass is 16.1. The van der Waals surface area contributed by atoms with Crippen LogP contribution in [0.5, 0.6) is 0 Å². The van der Waals surface area contributed by atoms with Crippen LogP contribution in [0.15, 0.2) is 67.3 Å². The molecule has 26 heavy (non-hydrogen) atoms. The summed E-state index contributed by atoms with van der Waals surface area (Å²) < 4.78 is 0. The van der Waals surface area contributed by atoms with Crippen molar-refractivity contribution in [2.24, 2.45) is 0 Å². The average molecular weight is 346 g/mol. The molecule has 130 valence electrons. The SMILES string of the molecule is CC(=O)c1cccc(Nc2cncc(C(=O)NCc3ccncc3)c2)c1. The third-order valence-corrected chi connectivity index (χ3v) is 3.76. The number of anilines is 2. The number of pyridine rings is 2. The summed E-state index contributed by atoms with van der Waals surface area (Å²) in [7, 11) is 0. The Bertz CT molecular complexity index is 926. The fourth-order valence-corrected chi connectivity index (χ4v) is 2.40. The Hall–Kier alpha value is -3.54. The van der Waals surface area contributed by atoms with Crippen molar-refractivity contribution in [3.8, 4) is 0 Å². The molecule has 0 aliphatic rings. The summed E-state index contributed by atoms with van der Waals surface area (Å²) in [5.74, 6) is -0.216. The van der Waals surface area contributed by atoms with Crippen LogP contribution < -0.4 is 10.6 Å². The van der Waals surface area contributed by atoms with Gasteiger partial charge in [-0.05, 0) is 42.8 Å². The molecule has 0 aliphatic heterocycles. The van der Waals surface area contributed by atoms with E-state index in [1.165, 1.54) is 13.1 Å². The summed E-state index contributed by atoms with van der Waals surface area (Å²) in [6.07, 6.45) is 6.50. The van der Waals surface area contributed by atoms with Crippen LogP contribution in [0.4, 0.5) is 11.4 Å². The van der Waals surface area contributed by atoms with Crippen LogP contribution in [0, 0.1) is 0 Å². The number of ketones is 1. The monoisotopic (exact) mass is 346 g/mol. The third kappa shape index (κ3) is 4.51. The second kappa shape index (κ2) is 8.02. The molecule has 2 N–H and O–H groups in total. The second-order valence-corrected chi connectivity index (χ2v) is 5.76. The number of hydrogen-bond acceptors (Lipinski definition) is 5. The molecule has 1 aromatic carbocycles. The van der Waals surface area contributed by atoms with Gasteiger partial charge in [0, 0.05) is 36.4 Å². The number of aromatic nitrogens is 2. The molecule has 1 amide bonds. The zero-order valence-electron chi connectivity index (χ0n) is 14.3. The fraction of sp³-hybridized carbons (Fsp3) is 0.100. The first-order valence-electron chi connectivity index (χ1n) is 8.12. The van der Waals surface area contributed by atoms with E-state index < -0.39 is 0 Å². The minimum absolute atomic E-state index is 0.00369. The second-order valence-electron chi connectivity index (χ2n) is 5.76. The molecule has 0 unspecified atom stereocenters. The molecule has 0 saturated carbocycles. The Balaban J connectivity index is 1.68. The number of amides is 1. The van der Waals surface area contributed by atoms with Crippen molar-refractivity contribution in [2.45, 2.75) is 13.5 Å². The highest BCUT2D eigenvalue weighted by Gasteiger charge is 2.08. The first-order chi connectivity index (χ1) is 12.6. The summed E-state index contributed by atoms with van der Waals surface area (Å²) in [6, 6.07) is 12.6. The standard InChI is InChI=1S/C20H18N4O2/c1-14(25)16-3-2-4-18(9-16)24-19-10-17(12-22-13-19)20(26)23-11-15-5-7-21-8-6-15/h2-10,12-13,24H,11H2,1H3,(H,23,26). The summed E-state index contributed by atoms with van der Waals surface area (Å²) >= 11 is 0. The van der Waals surface area contributed by atoms with Crippen LogP contribution in [0.2, 0.25) is 0 Å². The Kier molecular flexibility index (Phi) is 5.34. The Morgan fingerprint density at radius 2 is 1.69 bits per heavy atom. The maximum Gasteiger partial charge on any atom is 0.253 e. The van der Waals surface area contributed by atoms with E-state index in [0.29, 0.717) is 23.4 Å². The van der Waals surface area contributed by atoms with Crippen LogP contribution in [-0.2, 0) is 6.54 Å². The minimum atomic E-state index is -0.213. The maximum atomic E-state index is 12.3. The summed E-state index contributed by atoms with van der Waals surface area (Å²) in [6.45, 7) is 1.94. The highest BCUT2D eigenvalue weighted by Crippen LogP contribution is 2.18. The molecule has 6 nitrogen and oxygen atoms in total. The van der Waals surface area contributed by atoms with Crippen molar-refractivity contribution >= 4 is 23.1 Å². The van der Waals surface area contributed by atoms with Gasteiger partial charge in [-0.1, -0.05) is 12.1 Å². The van der Waals surface area contributed by atoms with Crippen molar-refractivity contribution < 1.29 is 9.59 Å². The average Bonchev–Trinajstić information content (AvgIpc) is 2.67. The van der Waals surface area contributed by atoms with Gasteiger partial charge in [0.25, 0.3) is 5.91 Å². The predicted molar refractivity (Wildman–Crippen MR) is 99.4 cm³/mol. The van der Waals surface area contributed by atoms with Gasteiger partial charge in [0.2, 0.25) is 0 Å². The van der Waals surface area contributed by atoms with Crippen molar-refractivity contribution in [1.82, 2.24) is 15.3 Å². The number of nitrogens with zero attached hydrogens (tertiary/aromatic N) is 2. The van der Waals surface area contributed by atoms with Gasteiger partial charge in [0.15, 0.2) is 5.78 Å². The van der Waals surface area contributed by atoms with Gasteiger partial charge in [-0.2, -0.15) is 0 Å². The summed E-state index contributed by atoms with van der Waals surface area (Å²) in [4.78, 5) is 31.9. The molecule has 0 bridgehead atoms. The smallest absolute Gasteiger partial charge is 0.253 e. The van der Waals surface area contributed by atoms with Gasteiger partial charge < -0.3 is 10.6 Å². The van der Waals surface area contributed by atoms with Crippen molar-refractivity contribution in [1.29, 1.82) is 0 Å². The van der Waals surface area contributed by atoms with E-state index in [1.807, 2.05) is 18.2 Å². The summed E-state index contributed by atoms with van der Waals surface area (Å²) in [5.41, 5.74) is 3.47. The normalized spacial score (nSPS) is 10.2. The van der Waals surface area contributed by atoms with Crippen molar-refractivity contribution in [3.63, 3.8) is 0 Å². The molecule has 3 rings (SSSR count). The number of carbonyl (C=O) groups is 2. The van der Waals surface area contributed by atoms with Crippen LogP contribution in [0.25, 0.3) is 0 Å². The largest absolute Gasteiger partial charge is 0.354 e. The van der Waals surface area contributed by atoms with Crippen LogP contribution in [0.1, 0.15) is 33.2 Å². The zero-order chi connectivity index (χ0) is 18.4. The Morgan fingerprint density at radius 3 is 2.46 bits per heavy atom. The molecule has 2 heterocycles. The van der Waals surface area contributed by atoms with E-state index in [0.717, 1.165) is 11.3 Å². The van der Waals surface area contributed by atoms with Gasteiger partial charge >= 0.3 is 0 Å². The number of hydrogen-bond donors (Lipinski definition) is 2. The van der Waals surface area contributed by atoms with E-state index in [9.17, 15) is 9.59 Å². The van der Waals surface area contributed by atoms with Crippen LogP contribution >= 0.6 is 0 Å². The number of Topliss-reactive ketones (excluding diaryl/α,β-unsaturated/α-hetero) is 1. The lowest BCUT2D eigenvalue weighted by molar-refractivity contribution is 0.0949. The first kappa shape index (κ1) is 17.3. The fourth-order valence-electron chi connectivity index (χ4n) is 2.40. The van der Waals surface area contributed by atoms with E-state index in [4.69, 9.17) is 0 Å². The van der Waals surface area contributed by atoms with E-state index >= 15 is 0 Å². The third-order valence-electron chi connectivity index (χ3n) is 3.76. The molecule has 0 radical (unpaired) electrons. The van der Waals surface area contributed by atoms with E-state index in [-0.39, 0.29) is 11.7 Å². The molecule has 0 aliphatic carbocycles. The number of nitrogens with one attached hydrogen (secondary N) is 2. The summed E-state index contributed by atoms with van der Waals surface area (Å²) in [5, 5.41) is 6.02. The quantitative estimate of drug-likeness (QED) is 0.669. The lowest BCUT2D eigenvalue weighted by Crippen LogP contribution is -2.23. The maximum absolute atomic E-state index is 12.3. The predicted octanol–water partition coefficient (Wildman–Crippen LogP) is 3.35. The van der Waals surface area contributed by atoms with Gasteiger partial charge in [0.05, 0.1) is 17.4 Å². The van der Waals surface area contributed by atoms with Crippen LogP contribution in [0.3, 0.4) is 0 Å². The van der Waals surface area contributed by atoms with Crippen molar-refractivity contribution in [3.05, 3.63) is 83.9 Å². The number of benzene rings is 1. The highest BCUT2D eigenvalue weighted by molar-refractivity contribution is 5.96. The molecule has 0 atom stereocenters. The van der Waals surface area contributed by atoms with Gasteiger partial charge in [-0.15, -0.1) is 0 Å². The number of rotatable bonds is 6. The lowest BCUT2D eigenvalue weighted by atomic mass is 10.1. The molecule has 0 fully saturated rings. The first-order valence-corrected chi connectivity index (χ1v) is 8.12. The molecule has 0 saturated heterocycles. The van der Waals surface area contributed by atoms with Gasteiger partial charge in [0.1, 0.15) is 0 Å². The van der Waals surface area contributed by atoms with Crippen molar-refractivity contribution in [2.75, 3.05) is 5.32 Å². The number of carbonyl (C=O) groups excluding carboxylic acids is 2. The van der Waals surface area contributed by atoms with Crippen LogP contribution in [-0.4, -0.2) is 21.7 Å². The zero-order valence-corrected chi connectivity index (χ0v) is 14.3. The van der Waals surface area contributed by atoms with Gasteiger partial charge in [-0.25, -0.2) is 0 Å². The molecular weight excluding hydrogens is 328 g/mol. The Labute approximate surface area is 151 Å². The molecule has 0 spiro atoms. The Morgan fingerprint density at radius 1 is 0.923 bits per heavy atom. The lowest BCUT2D eigenvalue weighted by Gasteiger charge is -2.09.